The number of carbonyl (C=O) groups excluding carboxylic acids is 1. The Bertz CT molecular complexity index is 516. The number of nitrogens with one attached hydrogen (secondary N) is 3. The highest BCUT2D eigenvalue weighted by Crippen LogP contribution is 2.30. The van der Waals surface area contributed by atoms with Crippen LogP contribution >= 0.6 is 0 Å². The molecule has 1 amide bonds. The van der Waals surface area contributed by atoms with E-state index in [2.05, 4.69) is 16.2 Å². The lowest BCUT2D eigenvalue weighted by Crippen LogP contribution is -2.45. The van der Waals surface area contributed by atoms with E-state index in [1.54, 1.807) is 6.07 Å². The van der Waals surface area contributed by atoms with Gasteiger partial charge in [-0.15, -0.1) is 0 Å². The van der Waals surface area contributed by atoms with E-state index in [1.807, 2.05) is 0 Å². The number of halogens is 3. The topological polar surface area (TPSA) is 62.4 Å². The minimum Gasteiger partial charge on any atom is -0.382 e. The number of hydrogen-bond acceptors (Lipinski definition) is 4. The predicted molar refractivity (Wildman–Crippen MR) is 73.7 cm³/mol. The Labute approximate surface area is 126 Å². The first-order valence-corrected chi connectivity index (χ1v) is 6.86. The molecule has 1 aliphatic rings. The molecule has 0 saturated carbocycles. The molecule has 1 aromatic rings. The summed E-state index contributed by atoms with van der Waals surface area (Å²) >= 11 is 0. The van der Waals surface area contributed by atoms with E-state index < -0.39 is 23.8 Å². The molecule has 1 aliphatic heterocycles. The van der Waals surface area contributed by atoms with Gasteiger partial charge in [0.05, 0.1) is 18.2 Å². The van der Waals surface area contributed by atoms with Crippen molar-refractivity contribution < 1.29 is 22.7 Å². The summed E-state index contributed by atoms with van der Waals surface area (Å²) in [6.07, 6.45) is -3.80. The van der Waals surface area contributed by atoms with Crippen LogP contribution in [0.25, 0.3) is 0 Å². The van der Waals surface area contributed by atoms with Crippen LogP contribution in [0.1, 0.15) is 23.6 Å². The average Bonchev–Trinajstić information content (AvgIpc) is 3.00. The smallest absolute Gasteiger partial charge is 0.382 e. The second-order valence-corrected chi connectivity index (χ2v) is 5.05. The van der Waals surface area contributed by atoms with Crippen molar-refractivity contribution in [3.63, 3.8) is 0 Å². The van der Waals surface area contributed by atoms with Gasteiger partial charge in [-0.25, -0.2) is 5.43 Å². The zero-order valence-electron chi connectivity index (χ0n) is 12.0. The van der Waals surface area contributed by atoms with Crippen LogP contribution in [0.2, 0.25) is 0 Å². The second kappa shape index (κ2) is 7.08. The number of amides is 1. The summed E-state index contributed by atoms with van der Waals surface area (Å²) in [6.45, 7) is 0.754. The van der Waals surface area contributed by atoms with Gasteiger partial charge in [-0.3, -0.25) is 10.2 Å². The molecule has 0 spiro atoms. The molecular formula is C14H18F3N3O2. The van der Waals surface area contributed by atoms with Crippen LogP contribution in [0.15, 0.2) is 24.3 Å². The van der Waals surface area contributed by atoms with Crippen LogP contribution in [0.4, 0.5) is 13.2 Å². The van der Waals surface area contributed by atoms with Gasteiger partial charge in [-0.1, -0.05) is 12.1 Å². The highest BCUT2D eigenvalue weighted by molar-refractivity contribution is 5.82. The van der Waals surface area contributed by atoms with Gasteiger partial charge >= 0.3 is 6.18 Å². The van der Waals surface area contributed by atoms with Crippen molar-refractivity contribution in [3.8, 4) is 0 Å². The second-order valence-electron chi connectivity index (χ2n) is 5.05. The number of alkyl halides is 3. The zero-order chi connectivity index (χ0) is 16.2. The molecule has 2 atom stereocenters. The van der Waals surface area contributed by atoms with Crippen molar-refractivity contribution in [2.24, 2.45) is 0 Å². The van der Waals surface area contributed by atoms with Crippen LogP contribution in [-0.2, 0) is 15.7 Å². The lowest BCUT2D eigenvalue weighted by Gasteiger charge is -2.21. The molecule has 0 aliphatic carbocycles. The molecule has 5 nitrogen and oxygen atoms in total. The number of methoxy groups -OCH3 is 1. The molecule has 0 radical (unpaired) electrons. The van der Waals surface area contributed by atoms with E-state index in [9.17, 15) is 18.0 Å². The molecule has 22 heavy (non-hydrogen) atoms. The maximum Gasteiger partial charge on any atom is 0.416 e. The van der Waals surface area contributed by atoms with Gasteiger partial charge < -0.3 is 10.1 Å². The SMILES string of the molecule is COCC(NC(=O)C1CCNN1)c1cccc(C(F)(F)F)c1. The highest BCUT2D eigenvalue weighted by atomic mass is 19.4. The molecular weight excluding hydrogens is 299 g/mol. The third-order valence-corrected chi connectivity index (χ3v) is 3.42. The van der Waals surface area contributed by atoms with Gasteiger partial charge in [0.25, 0.3) is 0 Å². The summed E-state index contributed by atoms with van der Waals surface area (Å²) in [5.74, 6) is -0.274. The summed E-state index contributed by atoms with van der Waals surface area (Å²) in [4.78, 5) is 12.1. The van der Waals surface area contributed by atoms with Crippen LogP contribution in [0.5, 0.6) is 0 Å². The average molecular weight is 317 g/mol. The Balaban J connectivity index is 2.14. The summed E-state index contributed by atoms with van der Waals surface area (Å²) < 4.78 is 43.4. The summed E-state index contributed by atoms with van der Waals surface area (Å²) in [5.41, 5.74) is 5.25. The Morgan fingerprint density at radius 1 is 1.50 bits per heavy atom. The molecule has 122 valence electrons. The predicted octanol–water partition coefficient (Wildman–Crippen LogP) is 1.38. The number of hydrazine groups is 1. The summed E-state index contributed by atoms with van der Waals surface area (Å²) in [6, 6.07) is 3.86. The monoisotopic (exact) mass is 317 g/mol. The van der Waals surface area contributed by atoms with Gasteiger partial charge in [-0.05, 0) is 24.1 Å². The van der Waals surface area contributed by atoms with Gasteiger partial charge in [-0.2, -0.15) is 13.2 Å². The van der Waals surface area contributed by atoms with Crippen molar-refractivity contribution in [1.29, 1.82) is 0 Å². The first kappa shape index (κ1) is 16.7. The van der Waals surface area contributed by atoms with Gasteiger partial charge in [0.2, 0.25) is 5.91 Å². The van der Waals surface area contributed by atoms with Gasteiger partial charge in [0, 0.05) is 13.7 Å². The van der Waals surface area contributed by atoms with Crippen molar-refractivity contribution in [1.82, 2.24) is 16.2 Å². The fourth-order valence-corrected chi connectivity index (χ4v) is 2.27. The molecule has 1 fully saturated rings. The molecule has 2 rings (SSSR count). The first-order chi connectivity index (χ1) is 10.4. The number of benzene rings is 1. The van der Waals surface area contributed by atoms with Crippen LogP contribution in [0.3, 0.4) is 0 Å². The molecule has 1 aromatic carbocycles. The number of carbonyl (C=O) groups is 1. The minimum atomic E-state index is -4.42. The van der Waals surface area contributed by atoms with Crippen molar-refractivity contribution in [2.75, 3.05) is 20.3 Å². The quantitative estimate of drug-likeness (QED) is 0.768. The number of hydrogen-bond donors (Lipinski definition) is 3. The molecule has 8 heteroatoms. The fourth-order valence-electron chi connectivity index (χ4n) is 2.27. The minimum absolute atomic E-state index is 0.0905. The van der Waals surface area contributed by atoms with Crippen LogP contribution in [-0.4, -0.2) is 32.2 Å². The first-order valence-electron chi connectivity index (χ1n) is 6.86. The van der Waals surface area contributed by atoms with Crippen molar-refractivity contribution >= 4 is 5.91 Å². The standard InChI is InChI=1S/C14H18F3N3O2/c1-22-8-12(19-13(21)11-5-6-18-20-11)9-3-2-4-10(7-9)14(15,16)17/h2-4,7,11-12,18,20H,5-6,8H2,1H3,(H,19,21). The van der Waals surface area contributed by atoms with E-state index in [1.165, 1.54) is 13.2 Å². The maximum atomic E-state index is 12.8. The van der Waals surface area contributed by atoms with Crippen LogP contribution < -0.4 is 16.2 Å². The number of ether oxygens (including phenoxy) is 1. The normalized spacial score (nSPS) is 19.9. The Morgan fingerprint density at radius 2 is 2.27 bits per heavy atom. The zero-order valence-corrected chi connectivity index (χ0v) is 12.0. The molecule has 2 unspecified atom stereocenters. The molecule has 1 heterocycles. The van der Waals surface area contributed by atoms with E-state index in [-0.39, 0.29) is 12.5 Å². The Morgan fingerprint density at radius 3 is 2.86 bits per heavy atom. The highest BCUT2D eigenvalue weighted by Gasteiger charge is 2.31. The maximum absolute atomic E-state index is 12.8. The molecule has 0 aromatic heterocycles. The van der Waals surface area contributed by atoms with Crippen LogP contribution in [0, 0.1) is 0 Å². The lowest BCUT2D eigenvalue weighted by atomic mass is 10.0. The Kier molecular flexibility index (Phi) is 5.38. The van der Waals surface area contributed by atoms with E-state index >= 15 is 0 Å². The Hall–Kier alpha value is -1.64. The summed E-state index contributed by atoms with van der Waals surface area (Å²) in [7, 11) is 1.43. The third kappa shape index (κ3) is 4.19. The third-order valence-electron chi connectivity index (χ3n) is 3.42. The van der Waals surface area contributed by atoms with Gasteiger partial charge in [0.15, 0.2) is 0 Å². The number of rotatable bonds is 5. The van der Waals surface area contributed by atoms with E-state index in [4.69, 9.17) is 4.74 Å². The van der Waals surface area contributed by atoms with Gasteiger partial charge in [0.1, 0.15) is 6.04 Å². The lowest BCUT2D eigenvalue weighted by molar-refractivity contribution is -0.137. The van der Waals surface area contributed by atoms with E-state index in [0.29, 0.717) is 18.5 Å². The summed E-state index contributed by atoms with van der Waals surface area (Å²) in [5, 5.41) is 2.72. The van der Waals surface area contributed by atoms with Crippen molar-refractivity contribution in [3.05, 3.63) is 35.4 Å². The van der Waals surface area contributed by atoms with E-state index in [0.717, 1.165) is 12.1 Å². The molecule has 1 saturated heterocycles. The fraction of sp³-hybridized carbons (Fsp3) is 0.500. The largest absolute Gasteiger partial charge is 0.416 e. The molecule has 3 N–H and O–H groups in total. The van der Waals surface area contributed by atoms with Crippen molar-refractivity contribution in [2.45, 2.75) is 24.7 Å². The molecule has 0 bridgehead atoms.